The van der Waals surface area contributed by atoms with Crippen LogP contribution in [0.2, 0.25) is 0 Å². The van der Waals surface area contributed by atoms with Crippen molar-refractivity contribution in [2.24, 2.45) is 0 Å². The average Bonchev–Trinajstić information content (AvgIpc) is 2.54. The first-order valence-electron chi connectivity index (χ1n) is 7.36. The van der Waals surface area contributed by atoms with E-state index in [9.17, 15) is 13.2 Å². The van der Waals surface area contributed by atoms with Crippen LogP contribution in [0.15, 0.2) is 29.2 Å². The summed E-state index contributed by atoms with van der Waals surface area (Å²) in [7, 11) is -3.46. The lowest BCUT2D eigenvalue weighted by molar-refractivity contribution is -0.132. The Bertz CT molecular complexity index is 605. The molecule has 0 radical (unpaired) electrons. The lowest BCUT2D eigenvalue weighted by atomic mass is 10.2. The summed E-state index contributed by atoms with van der Waals surface area (Å²) in [5, 5.41) is 0. The number of carbonyl (C=O) groups is 1. The average molecular weight is 310 g/mol. The highest BCUT2D eigenvalue weighted by molar-refractivity contribution is 7.89. The number of sulfonamides is 1. The third-order valence-electron chi connectivity index (χ3n) is 3.84. The van der Waals surface area contributed by atoms with Gasteiger partial charge in [-0.1, -0.05) is 26.0 Å². The lowest BCUT2D eigenvalue weighted by Crippen LogP contribution is -2.50. The fraction of sp³-hybridized carbons (Fsp3) is 0.533. The standard InChI is InChI=1S/C15H22N2O3S/c1-3-13-6-5-7-14(12-13)21(19,20)17-10-8-16(9-11-17)15(18)4-2/h5-7,12H,3-4,8-11H2,1-2H3. The number of carbonyl (C=O) groups excluding carboxylic acids is 1. The molecule has 1 heterocycles. The Morgan fingerprint density at radius 2 is 1.81 bits per heavy atom. The molecule has 1 amide bonds. The molecule has 0 atom stereocenters. The van der Waals surface area contributed by atoms with Crippen molar-refractivity contribution in [3.8, 4) is 0 Å². The normalized spacial score (nSPS) is 17.0. The van der Waals surface area contributed by atoms with Crippen molar-refractivity contribution in [3.05, 3.63) is 29.8 Å². The van der Waals surface area contributed by atoms with Crippen LogP contribution >= 0.6 is 0 Å². The predicted molar refractivity (Wildman–Crippen MR) is 81.4 cm³/mol. The van der Waals surface area contributed by atoms with Gasteiger partial charge < -0.3 is 4.90 Å². The molecule has 0 aliphatic carbocycles. The van der Waals surface area contributed by atoms with E-state index in [2.05, 4.69) is 0 Å². The Morgan fingerprint density at radius 3 is 2.38 bits per heavy atom. The SMILES string of the molecule is CCC(=O)N1CCN(S(=O)(=O)c2cccc(CC)c2)CC1. The molecule has 6 heteroatoms. The van der Waals surface area contributed by atoms with Crippen molar-refractivity contribution < 1.29 is 13.2 Å². The van der Waals surface area contributed by atoms with Crippen molar-refractivity contribution in [1.82, 2.24) is 9.21 Å². The Morgan fingerprint density at radius 1 is 1.14 bits per heavy atom. The summed E-state index contributed by atoms with van der Waals surface area (Å²) < 4.78 is 26.7. The maximum absolute atomic E-state index is 12.6. The molecule has 1 aromatic carbocycles. The maximum Gasteiger partial charge on any atom is 0.243 e. The largest absolute Gasteiger partial charge is 0.340 e. The Hall–Kier alpha value is -1.40. The van der Waals surface area contributed by atoms with Crippen LogP contribution in [0.4, 0.5) is 0 Å². The van der Waals surface area contributed by atoms with E-state index in [1.54, 1.807) is 23.1 Å². The van der Waals surface area contributed by atoms with Crippen LogP contribution in [0.5, 0.6) is 0 Å². The van der Waals surface area contributed by atoms with Gasteiger partial charge in [-0.15, -0.1) is 0 Å². The molecular formula is C15H22N2O3S. The molecule has 0 bridgehead atoms. The van der Waals surface area contributed by atoms with E-state index in [-0.39, 0.29) is 5.91 Å². The first kappa shape index (κ1) is 16.0. The molecular weight excluding hydrogens is 288 g/mol. The zero-order chi connectivity index (χ0) is 15.5. The van der Waals surface area contributed by atoms with Crippen molar-refractivity contribution in [1.29, 1.82) is 0 Å². The van der Waals surface area contributed by atoms with Gasteiger partial charge in [0, 0.05) is 32.6 Å². The highest BCUT2D eigenvalue weighted by Gasteiger charge is 2.29. The third-order valence-corrected chi connectivity index (χ3v) is 5.73. The van der Waals surface area contributed by atoms with Gasteiger partial charge in [-0.2, -0.15) is 4.31 Å². The van der Waals surface area contributed by atoms with Crippen LogP contribution in [-0.4, -0.2) is 49.7 Å². The predicted octanol–water partition coefficient (Wildman–Crippen LogP) is 1.49. The number of hydrogen-bond donors (Lipinski definition) is 0. The minimum atomic E-state index is -3.46. The molecule has 116 valence electrons. The zero-order valence-corrected chi connectivity index (χ0v) is 13.4. The minimum Gasteiger partial charge on any atom is -0.340 e. The summed E-state index contributed by atoms with van der Waals surface area (Å²) in [6.45, 7) is 5.50. The molecule has 0 spiro atoms. The number of benzene rings is 1. The first-order valence-corrected chi connectivity index (χ1v) is 8.80. The Kier molecular flexibility index (Phi) is 5.00. The number of aryl methyl sites for hydroxylation is 1. The summed E-state index contributed by atoms with van der Waals surface area (Å²) in [4.78, 5) is 13.7. The smallest absolute Gasteiger partial charge is 0.243 e. The van der Waals surface area contributed by atoms with E-state index in [4.69, 9.17) is 0 Å². The molecule has 1 fully saturated rings. The number of rotatable bonds is 4. The topological polar surface area (TPSA) is 57.7 Å². The molecule has 2 rings (SSSR count). The number of hydrogen-bond acceptors (Lipinski definition) is 3. The molecule has 0 saturated carbocycles. The maximum atomic E-state index is 12.6. The molecule has 1 aliphatic rings. The van der Waals surface area contributed by atoms with Gasteiger partial charge >= 0.3 is 0 Å². The molecule has 0 N–H and O–H groups in total. The van der Waals surface area contributed by atoms with Crippen LogP contribution < -0.4 is 0 Å². The van der Waals surface area contributed by atoms with E-state index in [0.29, 0.717) is 37.5 Å². The molecule has 1 aliphatic heterocycles. The van der Waals surface area contributed by atoms with Gasteiger partial charge in [-0.25, -0.2) is 8.42 Å². The lowest BCUT2D eigenvalue weighted by Gasteiger charge is -2.34. The monoisotopic (exact) mass is 310 g/mol. The van der Waals surface area contributed by atoms with Crippen LogP contribution in [0.3, 0.4) is 0 Å². The van der Waals surface area contributed by atoms with E-state index in [0.717, 1.165) is 12.0 Å². The molecule has 21 heavy (non-hydrogen) atoms. The molecule has 0 aromatic heterocycles. The summed E-state index contributed by atoms with van der Waals surface area (Å²) in [5.41, 5.74) is 1.01. The van der Waals surface area contributed by atoms with Gasteiger partial charge in [-0.3, -0.25) is 4.79 Å². The van der Waals surface area contributed by atoms with Crippen LogP contribution in [0.1, 0.15) is 25.8 Å². The van der Waals surface area contributed by atoms with Crippen molar-refractivity contribution in [2.75, 3.05) is 26.2 Å². The van der Waals surface area contributed by atoms with E-state index >= 15 is 0 Å². The van der Waals surface area contributed by atoms with Crippen molar-refractivity contribution in [3.63, 3.8) is 0 Å². The van der Waals surface area contributed by atoms with Gasteiger partial charge in [0.05, 0.1) is 4.90 Å². The highest BCUT2D eigenvalue weighted by atomic mass is 32.2. The number of piperazine rings is 1. The van der Waals surface area contributed by atoms with Gasteiger partial charge in [-0.05, 0) is 24.1 Å². The minimum absolute atomic E-state index is 0.0834. The van der Waals surface area contributed by atoms with Crippen LogP contribution in [0, 0.1) is 0 Å². The summed E-state index contributed by atoms with van der Waals surface area (Å²) in [6, 6.07) is 7.08. The first-order chi connectivity index (χ1) is 9.98. The van der Waals surface area contributed by atoms with E-state index in [1.165, 1.54) is 4.31 Å². The Labute approximate surface area is 126 Å². The van der Waals surface area contributed by atoms with Crippen molar-refractivity contribution >= 4 is 15.9 Å². The molecule has 1 saturated heterocycles. The molecule has 0 unspecified atom stereocenters. The second-order valence-electron chi connectivity index (χ2n) is 5.14. The van der Waals surface area contributed by atoms with Crippen molar-refractivity contribution in [2.45, 2.75) is 31.6 Å². The molecule has 5 nitrogen and oxygen atoms in total. The second-order valence-corrected chi connectivity index (χ2v) is 7.08. The van der Waals surface area contributed by atoms with Gasteiger partial charge in [0.25, 0.3) is 0 Å². The summed E-state index contributed by atoms with van der Waals surface area (Å²) in [6.07, 6.45) is 1.27. The van der Waals surface area contributed by atoms with E-state index < -0.39 is 10.0 Å². The van der Waals surface area contributed by atoms with Gasteiger partial charge in [0.2, 0.25) is 15.9 Å². The second kappa shape index (κ2) is 6.58. The van der Waals surface area contributed by atoms with Gasteiger partial charge in [0.1, 0.15) is 0 Å². The fourth-order valence-corrected chi connectivity index (χ4v) is 3.97. The number of amides is 1. The summed E-state index contributed by atoms with van der Waals surface area (Å²) in [5.74, 6) is 0.0834. The fourth-order valence-electron chi connectivity index (χ4n) is 2.48. The van der Waals surface area contributed by atoms with Crippen LogP contribution in [-0.2, 0) is 21.2 Å². The summed E-state index contributed by atoms with van der Waals surface area (Å²) >= 11 is 0. The van der Waals surface area contributed by atoms with Crippen LogP contribution in [0.25, 0.3) is 0 Å². The zero-order valence-electron chi connectivity index (χ0n) is 12.6. The highest BCUT2D eigenvalue weighted by Crippen LogP contribution is 2.19. The third kappa shape index (κ3) is 3.44. The Balaban J connectivity index is 2.12. The number of nitrogens with zero attached hydrogens (tertiary/aromatic N) is 2. The molecule has 1 aromatic rings. The quantitative estimate of drug-likeness (QED) is 0.846. The van der Waals surface area contributed by atoms with Gasteiger partial charge in [0.15, 0.2) is 0 Å². The van der Waals surface area contributed by atoms with E-state index in [1.807, 2.05) is 19.9 Å².